The van der Waals surface area contributed by atoms with Crippen LogP contribution in [0, 0.1) is 24.7 Å². The Morgan fingerprint density at radius 1 is 1.22 bits per heavy atom. The first kappa shape index (κ1) is 30.8. The standard InChI is InChI=1S/C31H31F5N4O5/c1-15-6-18(8-19(7-15)31(34,35)36)26-16(2)40(29(43)45-26)12-24-23(11-37-28(38-24)39-13-30(32,33)14-39)21-9-17(4-5-25(21)44-3)20-10-22(20)27(41)42/h5-9,11,16-17,20,22,26H,4,10,12-14H2,1-3H3,(H,41,42)/t16-,17+,20?,22?,26-/m0/s1. The molecule has 2 saturated heterocycles. The summed E-state index contributed by atoms with van der Waals surface area (Å²) in [6.07, 6.45) is -0.0379. The maximum Gasteiger partial charge on any atom is 0.416 e. The number of nitrogens with zero attached hydrogens (tertiary/aromatic N) is 4. The lowest BCUT2D eigenvalue weighted by molar-refractivity contribution is -0.139. The number of alkyl halides is 5. The lowest BCUT2D eigenvalue weighted by atomic mass is 9.87. The highest BCUT2D eigenvalue weighted by Crippen LogP contribution is 2.49. The van der Waals surface area contributed by atoms with Crippen LogP contribution in [0.15, 0.2) is 42.3 Å². The number of cyclic esters (lactones) is 1. The molecule has 2 aliphatic carbocycles. The van der Waals surface area contributed by atoms with Gasteiger partial charge in [-0.15, -0.1) is 0 Å². The summed E-state index contributed by atoms with van der Waals surface area (Å²) in [6, 6.07) is 2.81. The zero-order valence-corrected chi connectivity index (χ0v) is 24.6. The molecule has 3 heterocycles. The van der Waals surface area contributed by atoms with Gasteiger partial charge in [0.1, 0.15) is 11.9 Å². The fourth-order valence-electron chi connectivity index (χ4n) is 6.42. The smallest absolute Gasteiger partial charge is 0.416 e. The van der Waals surface area contributed by atoms with Gasteiger partial charge in [-0.2, -0.15) is 13.2 Å². The normalized spacial score (nSPS) is 27.4. The van der Waals surface area contributed by atoms with Crippen LogP contribution in [0.5, 0.6) is 0 Å². The molecule has 9 nitrogen and oxygen atoms in total. The van der Waals surface area contributed by atoms with Crippen LogP contribution < -0.4 is 4.90 Å². The fourth-order valence-corrected chi connectivity index (χ4v) is 6.42. The Kier molecular flexibility index (Phi) is 7.51. The Morgan fingerprint density at radius 2 is 1.96 bits per heavy atom. The summed E-state index contributed by atoms with van der Waals surface area (Å²) in [5.74, 6) is -3.84. The van der Waals surface area contributed by atoms with E-state index in [2.05, 4.69) is 9.97 Å². The van der Waals surface area contributed by atoms with Gasteiger partial charge in [-0.3, -0.25) is 9.69 Å². The fraction of sp³-hybridized carbons (Fsp3) is 0.484. The van der Waals surface area contributed by atoms with Crippen molar-refractivity contribution in [3.8, 4) is 0 Å². The molecule has 1 aromatic carbocycles. The maximum atomic E-state index is 13.7. The van der Waals surface area contributed by atoms with Gasteiger partial charge in [-0.25, -0.2) is 23.5 Å². The van der Waals surface area contributed by atoms with E-state index in [4.69, 9.17) is 9.47 Å². The molecule has 5 atom stereocenters. The topological polar surface area (TPSA) is 105 Å². The van der Waals surface area contributed by atoms with Gasteiger partial charge in [0.25, 0.3) is 5.92 Å². The first-order valence-corrected chi connectivity index (χ1v) is 14.5. The number of hydrogen-bond donors (Lipinski definition) is 1. The van der Waals surface area contributed by atoms with Gasteiger partial charge >= 0.3 is 18.2 Å². The Hall–Kier alpha value is -4.23. The lowest BCUT2D eigenvalue weighted by Crippen LogP contribution is -2.57. The van der Waals surface area contributed by atoms with Gasteiger partial charge in [0.2, 0.25) is 5.95 Å². The largest absolute Gasteiger partial charge is 0.496 e. The third-order valence-electron chi connectivity index (χ3n) is 8.89. The summed E-state index contributed by atoms with van der Waals surface area (Å²) < 4.78 is 79.3. The third kappa shape index (κ3) is 5.94. The zero-order chi connectivity index (χ0) is 32.4. The molecule has 0 bridgehead atoms. The number of carbonyl (C=O) groups excluding carboxylic acids is 1. The molecule has 1 N–H and O–H groups in total. The molecule has 1 amide bonds. The molecule has 0 spiro atoms. The van der Waals surface area contributed by atoms with Crippen molar-refractivity contribution in [3.63, 3.8) is 0 Å². The summed E-state index contributed by atoms with van der Waals surface area (Å²) in [4.78, 5) is 36.3. The van der Waals surface area contributed by atoms with Crippen LogP contribution in [0.25, 0.3) is 5.57 Å². The van der Waals surface area contributed by atoms with Crippen LogP contribution in [0.3, 0.4) is 0 Å². The van der Waals surface area contributed by atoms with Crippen molar-refractivity contribution in [1.29, 1.82) is 0 Å². The maximum absolute atomic E-state index is 13.7. The number of halogens is 5. The second-order valence-corrected chi connectivity index (χ2v) is 12.1. The number of amides is 1. The average molecular weight is 635 g/mol. The highest BCUT2D eigenvalue weighted by molar-refractivity contribution is 5.81. The summed E-state index contributed by atoms with van der Waals surface area (Å²) in [5, 5.41) is 9.47. The van der Waals surface area contributed by atoms with Crippen molar-refractivity contribution in [2.75, 3.05) is 25.1 Å². The van der Waals surface area contributed by atoms with Gasteiger partial charge in [-0.1, -0.05) is 17.7 Å². The SMILES string of the molecule is COC1=CC[C@@H](C2CC2C(=O)O)C=C1c1cnc(N2CC(F)(F)C2)nc1CN1C(=O)O[C@H](c2cc(C)cc(C(F)(F)F)c2)[C@@H]1C. The summed E-state index contributed by atoms with van der Waals surface area (Å²) in [6.45, 7) is 1.87. The van der Waals surface area contributed by atoms with Gasteiger partial charge in [0.15, 0.2) is 0 Å². The Balaban J connectivity index is 1.35. The number of aryl methyl sites for hydroxylation is 1. The van der Waals surface area contributed by atoms with E-state index < -0.39 is 60.9 Å². The van der Waals surface area contributed by atoms with Crippen LogP contribution >= 0.6 is 0 Å². The monoisotopic (exact) mass is 634 g/mol. The number of aromatic nitrogens is 2. The van der Waals surface area contributed by atoms with Gasteiger partial charge in [0, 0.05) is 17.3 Å². The van der Waals surface area contributed by atoms with E-state index in [9.17, 15) is 36.6 Å². The molecule has 2 unspecified atom stereocenters. The third-order valence-corrected chi connectivity index (χ3v) is 8.89. The van der Waals surface area contributed by atoms with Gasteiger partial charge < -0.3 is 19.5 Å². The molecular formula is C31H31F5N4O5. The number of anilines is 1. The Bertz CT molecular complexity index is 1600. The quantitative estimate of drug-likeness (QED) is 0.353. The molecule has 2 aliphatic heterocycles. The number of carboxylic acid groups (broad SMARTS) is 1. The average Bonchev–Trinajstić information content (AvgIpc) is 3.72. The van der Waals surface area contributed by atoms with E-state index in [-0.39, 0.29) is 29.9 Å². The number of rotatable bonds is 8. The van der Waals surface area contributed by atoms with Gasteiger partial charge in [0.05, 0.1) is 50.0 Å². The van der Waals surface area contributed by atoms with Crippen molar-refractivity contribution >= 4 is 23.6 Å². The first-order valence-electron chi connectivity index (χ1n) is 14.5. The van der Waals surface area contributed by atoms with Crippen LogP contribution in [-0.4, -0.2) is 64.2 Å². The number of aliphatic carboxylic acids is 1. The number of carboxylic acids is 1. The number of benzene rings is 1. The number of methoxy groups -OCH3 is 1. The minimum Gasteiger partial charge on any atom is -0.496 e. The van der Waals surface area contributed by atoms with Crippen molar-refractivity contribution < 1.29 is 46.1 Å². The minimum absolute atomic E-state index is 0.0361. The zero-order valence-electron chi connectivity index (χ0n) is 24.6. The predicted molar refractivity (Wildman–Crippen MR) is 150 cm³/mol. The Morgan fingerprint density at radius 3 is 2.58 bits per heavy atom. The van der Waals surface area contributed by atoms with E-state index in [0.29, 0.717) is 41.0 Å². The lowest BCUT2D eigenvalue weighted by Gasteiger charge is -2.38. The molecule has 240 valence electrons. The molecule has 0 radical (unpaired) electrons. The van der Waals surface area contributed by atoms with Crippen LogP contribution in [0.1, 0.15) is 53.8 Å². The van der Waals surface area contributed by atoms with Crippen molar-refractivity contribution in [2.24, 2.45) is 17.8 Å². The molecule has 3 fully saturated rings. The minimum atomic E-state index is -4.59. The molecule has 4 aliphatic rings. The van der Waals surface area contributed by atoms with E-state index in [1.807, 2.05) is 12.2 Å². The molecule has 1 saturated carbocycles. The molecule has 14 heteroatoms. The number of allylic oxidation sites excluding steroid dienone is 3. The number of carbonyl (C=O) groups is 2. The summed E-state index contributed by atoms with van der Waals surface area (Å²) >= 11 is 0. The molecule has 2 aromatic rings. The second kappa shape index (κ2) is 11.0. The van der Waals surface area contributed by atoms with E-state index in [0.717, 1.165) is 12.1 Å². The summed E-state index contributed by atoms with van der Waals surface area (Å²) in [5.41, 5.74) is 1.01. The van der Waals surface area contributed by atoms with Crippen molar-refractivity contribution in [1.82, 2.24) is 14.9 Å². The van der Waals surface area contributed by atoms with Crippen LogP contribution in [0.2, 0.25) is 0 Å². The van der Waals surface area contributed by atoms with E-state index in [1.54, 1.807) is 6.92 Å². The van der Waals surface area contributed by atoms with Crippen LogP contribution in [-0.2, 0) is 27.0 Å². The molecule has 6 rings (SSSR count). The van der Waals surface area contributed by atoms with Gasteiger partial charge in [-0.05, 0) is 62.3 Å². The molecule has 1 aromatic heterocycles. The Labute approximate surface area is 255 Å². The number of hydrogen-bond acceptors (Lipinski definition) is 7. The second-order valence-electron chi connectivity index (χ2n) is 12.1. The van der Waals surface area contributed by atoms with Crippen LogP contribution in [0.4, 0.5) is 32.7 Å². The highest BCUT2D eigenvalue weighted by atomic mass is 19.4. The predicted octanol–water partition coefficient (Wildman–Crippen LogP) is 6.00. The van der Waals surface area contributed by atoms with E-state index >= 15 is 0 Å². The molecular weight excluding hydrogens is 603 g/mol. The first-order chi connectivity index (χ1) is 21.1. The summed E-state index contributed by atoms with van der Waals surface area (Å²) in [7, 11) is 1.48. The highest BCUT2D eigenvalue weighted by Gasteiger charge is 2.48. The molecule has 45 heavy (non-hydrogen) atoms. The number of ether oxygens (including phenoxy) is 2. The van der Waals surface area contributed by atoms with E-state index in [1.165, 1.54) is 36.1 Å². The van der Waals surface area contributed by atoms with Crippen molar-refractivity contribution in [3.05, 3.63) is 70.3 Å². The van der Waals surface area contributed by atoms with Crippen molar-refractivity contribution in [2.45, 2.75) is 57.5 Å².